The molecule has 5 N–H and O–H groups in total. The first-order valence-electron chi connectivity index (χ1n) is 10.8. The van der Waals surface area contributed by atoms with Crippen LogP contribution in [0.4, 0.5) is 5.69 Å². The highest BCUT2D eigenvalue weighted by Crippen LogP contribution is 2.30. The van der Waals surface area contributed by atoms with Gasteiger partial charge in [0.25, 0.3) is 0 Å². The molecule has 0 aliphatic heterocycles. The van der Waals surface area contributed by atoms with Crippen LogP contribution in [0.1, 0.15) is 11.1 Å². The molecule has 34 heavy (non-hydrogen) atoms. The molecule has 0 spiro atoms. The Kier molecular flexibility index (Phi) is 8.78. The summed E-state index contributed by atoms with van der Waals surface area (Å²) in [4.78, 5) is 7.31. The molecule has 3 rings (SSSR count). The number of nitrogens with one attached hydrogen (secondary N) is 3. The summed E-state index contributed by atoms with van der Waals surface area (Å²) in [6.07, 6.45) is 7.11. The number of methoxy groups -OCH3 is 1. The second-order valence-electron chi connectivity index (χ2n) is 7.47. The van der Waals surface area contributed by atoms with E-state index in [1.807, 2.05) is 54.6 Å². The summed E-state index contributed by atoms with van der Waals surface area (Å²) in [7, 11) is -0.287. The number of rotatable bonds is 11. The maximum absolute atomic E-state index is 11.8. The molecule has 0 radical (unpaired) electrons. The molecule has 1 aromatic heterocycles. The third-order valence-corrected chi connectivity index (χ3v) is 6.50. The van der Waals surface area contributed by atoms with Crippen LogP contribution in [0.25, 0.3) is 16.8 Å². The third kappa shape index (κ3) is 7.16. The van der Waals surface area contributed by atoms with Gasteiger partial charge in [-0.05, 0) is 54.6 Å². The maximum atomic E-state index is 11.8. The van der Waals surface area contributed by atoms with Crippen LogP contribution in [-0.4, -0.2) is 46.1 Å². The number of aromatic nitrogens is 1. The molecule has 3 aromatic rings. The van der Waals surface area contributed by atoms with Crippen molar-refractivity contribution in [3.63, 3.8) is 0 Å². The molecule has 8 nitrogen and oxygen atoms in total. The van der Waals surface area contributed by atoms with E-state index in [0.717, 1.165) is 33.7 Å². The molecule has 0 saturated heterocycles. The molecule has 0 aliphatic carbocycles. The van der Waals surface area contributed by atoms with Crippen molar-refractivity contribution in [3.05, 3.63) is 84.2 Å². The monoisotopic (exact) mass is 480 g/mol. The summed E-state index contributed by atoms with van der Waals surface area (Å²) in [5, 5.41) is 3.19. The van der Waals surface area contributed by atoms with Gasteiger partial charge in [-0.2, -0.15) is 0 Å². The fourth-order valence-corrected chi connectivity index (χ4v) is 3.83. The maximum Gasteiger partial charge on any atom is 0.213 e. The van der Waals surface area contributed by atoms with Gasteiger partial charge in [0.1, 0.15) is 5.75 Å². The van der Waals surface area contributed by atoms with Crippen LogP contribution in [0.5, 0.6) is 5.75 Å². The van der Waals surface area contributed by atoms with Crippen molar-refractivity contribution in [3.8, 4) is 16.9 Å². The normalized spacial score (nSPS) is 12.1. The Morgan fingerprint density at radius 1 is 1.15 bits per heavy atom. The molecule has 0 fully saturated rings. The molecule has 2 aromatic carbocycles. The Balaban J connectivity index is 1.87. The van der Waals surface area contributed by atoms with Gasteiger partial charge >= 0.3 is 0 Å². The zero-order valence-electron chi connectivity index (χ0n) is 19.3. The van der Waals surface area contributed by atoms with E-state index in [2.05, 4.69) is 20.0 Å². The molecule has 0 saturated carbocycles. The summed E-state index contributed by atoms with van der Waals surface area (Å²) < 4.78 is 31.2. The quantitative estimate of drug-likeness (QED) is 0.308. The minimum atomic E-state index is -3.32. The lowest BCUT2D eigenvalue weighted by molar-refractivity contribution is -0.469. The standard InChI is InChI=1S/C25H29N5O3S/c1-27-34(31,32)14-13-30-25-9-8-21(20-6-3-7-22(15-20)33-2)16-23(25)24(26)10-12-29-18-19-5-4-11-28-17-19/h3-12,15-17,27,30H,13-14,18,26H2,1-2H3/p+1/b24-10-,29-12?. The predicted octanol–water partition coefficient (Wildman–Crippen LogP) is 1.37. The van der Waals surface area contributed by atoms with E-state index in [4.69, 9.17) is 10.5 Å². The smallest absolute Gasteiger partial charge is 0.213 e. The van der Waals surface area contributed by atoms with Crippen molar-refractivity contribution >= 4 is 27.6 Å². The van der Waals surface area contributed by atoms with Crippen LogP contribution < -0.4 is 25.5 Å². The van der Waals surface area contributed by atoms with E-state index in [1.165, 1.54) is 7.05 Å². The SMILES string of the molecule is CNS(=O)(=O)CCNc1ccc(-c2cccc(OC)c2)cc1/C(N)=C/C=[NH+]Cc1cccnc1. The number of allylic oxidation sites excluding steroid dienone is 1. The van der Waals surface area contributed by atoms with Gasteiger partial charge in [-0.15, -0.1) is 0 Å². The summed E-state index contributed by atoms with van der Waals surface area (Å²) >= 11 is 0. The average molecular weight is 481 g/mol. The van der Waals surface area contributed by atoms with E-state index in [9.17, 15) is 8.42 Å². The number of hydrogen-bond donors (Lipinski definition) is 4. The fourth-order valence-electron chi connectivity index (χ4n) is 3.26. The molecular formula is C25H30N5O3S+. The van der Waals surface area contributed by atoms with Crippen molar-refractivity contribution < 1.29 is 18.1 Å². The van der Waals surface area contributed by atoms with Gasteiger partial charge in [-0.1, -0.05) is 18.2 Å². The molecule has 0 unspecified atom stereocenters. The third-order valence-electron chi connectivity index (χ3n) is 5.14. The van der Waals surface area contributed by atoms with Gasteiger partial charge in [0.05, 0.1) is 12.9 Å². The van der Waals surface area contributed by atoms with Gasteiger partial charge in [0.15, 0.2) is 12.8 Å². The van der Waals surface area contributed by atoms with Gasteiger partial charge in [0, 0.05) is 47.5 Å². The number of sulfonamides is 1. The lowest BCUT2D eigenvalue weighted by Crippen LogP contribution is -2.66. The lowest BCUT2D eigenvalue weighted by atomic mass is 10.00. The Labute approximate surface area is 200 Å². The van der Waals surface area contributed by atoms with Crippen LogP contribution in [-0.2, 0) is 16.6 Å². The first-order chi connectivity index (χ1) is 16.4. The van der Waals surface area contributed by atoms with Gasteiger partial charge < -0.3 is 15.8 Å². The first kappa shape index (κ1) is 24.9. The minimum absolute atomic E-state index is 0.0526. The lowest BCUT2D eigenvalue weighted by Gasteiger charge is -2.15. The number of ether oxygens (including phenoxy) is 1. The number of anilines is 1. The highest BCUT2D eigenvalue weighted by atomic mass is 32.2. The number of nitrogens with two attached hydrogens (primary N) is 1. The Hall–Kier alpha value is -3.69. The topological polar surface area (TPSA) is 120 Å². The van der Waals surface area contributed by atoms with Gasteiger partial charge in [0.2, 0.25) is 10.0 Å². The van der Waals surface area contributed by atoms with Crippen molar-refractivity contribution in [1.82, 2.24) is 9.71 Å². The first-order valence-corrected chi connectivity index (χ1v) is 12.4. The van der Waals surface area contributed by atoms with Gasteiger partial charge in [-0.3, -0.25) is 4.98 Å². The number of pyridine rings is 1. The second-order valence-corrected chi connectivity index (χ2v) is 9.52. The highest BCUT2D eigenvalue weighted by molar-refractivity contribution is 7.89. The summed E-state index contributed by atoms with van der Waals surface area (Å²) in [6, 6.07) is 17.5. The predicted molar refractivity (Wildman–Crippen MR) is 137 cm³/mol. The second kappa shape index (κ2) is 12.0. The molecule has 9 heteroatoms. The summed E-state index contributed by atoms with van der Waals surface area (Å²) in [5.41, 5.74) is 11.5. The van der Waals surface area contributed by atoms with Crippen LogP contribution in [0, 0.1) is 0 Å². The Morgan fingerprint density at radius 2 is 1.97 bits per heavy atom. The van der Waals surface area contributed by atoms with Crippen LogP contribution in [0.3, 0.4) is 0 Å². The van der Waals surface area contributed by atoms with Crippen LogP contribution in [0.15, 0.2) is 73.1 Å². The molecule has 1 heterocycles. The molecule has 0 atom stereocenters. The van der Waals surface area contributed by atoms with Gasteiger partial charge in [-0.25, -0.2) is 18.1 Å². The van der Waals surface area contributed by atoms with E-state index in [-0.39, 0.29) is 12.3 Å². The zero-order valence-corrected chi connectivity index (χ0v) is 20.1. The number of hydrogen-bond acceptors (Lipinski definition) is 6. The largest absolute Gasteiger partial charge is 0.497 e. The summed E-state index contributed by atoms with van der Waals surface area (Å²) in [6.45, 7) is 0.861. The molecule has 178 valence electrons. The van der Waals surface area contributed by atoms with Crippen molar-refractivity contribution in [2.45, 2.75) is 6.54 Å². The van der Waals surface area contributed by atoms with E-state index >= 15 is 0 Å². The molecular weight excluding hydrogens is 450 g/mol. The molecule has 0 aliphatic rings. The van der Waals surface area contributed by atoms with E-state index < -0.39 is 10.0 Å². The highest BCUT2D eigenvalue weighted by Gasteiger charge is 2.11. The summed E-state index contributed by atoms with van der Waals surface area (Å²) in [5.74, 6) is 0.707. The number of nitrogens with zero attached hydrogens (tertiary/aromatic N) is 1. The molecule has 0 amide bonds. The Morgan fingerprint density at radius 3 is 2.71 bits per heavy atom. The number of benzene rings is 2. The van der Waals surface area contributed by atoms with Crippen molar-refractivity contribution in [2.75, 3.05) is 31.8 Å². The Bertz CT molecular complexity index is 1260. The average Bonchev–Trinajstić information content (AvgIpc) is 2.87. The van der Waals surface area contributed by atoms with E-state index in [1.54, 1.807) is 31.8 Å². The molecule has 0 bridgehead atoms. The fraction of sp³-hybridized carbons (Fsp3) is 0.200. The van der Waals surface area contributed by atoms with Crippen LogP contribution >= 0.6 is 0 Å². The zero-order chi connectivity index (χ0) is 24.4. The van der Waals surface area contributed by atoms with Crippen molar-refractivity contribution in [1.29, 1.82) is 0 Å². The minimum Gasteiger partial charge on any atom is -0.497 e. The van der Waals surface area contributed by atoms with E-state index in [0.29, 0.717) is 12.2 Å². The van der Waals surface area contributed by atoms with Crippen LogP contribution in [0.2, 0.25) is 0 Å². The van der Waals surface area contributed by atoms with Crippen molar-refractivity contribution in [2.24, 2.45) is 5.73 Å².